The van der Waals surface area contributed by atoms with Crippen molar-refractivity contribution in [2.45, 2.75) is 12.4 Å². The largest absolute Gasteiger partial charge is 0.363 e. The highest BCUT2D eigenvalue weighted by Gasteiger charge is 2.31. The van der Waals surface area contributed by atoms with Crippen molar-refractivity contribution in [2.24, 2.45) is 0 Å². The molecule has 0 aliphatic carbocycles. The Bertz CT molecular complexity index is 271. The van der Waals surface area contributed by atoms with Gasteiger partial charge in [-0.25, -0.2) is 8.42 Å². The first-order chi connectivity index (χ1) is 5.05. The Balaban J connectivity index is 2.90. The minimum absolute atomic E-state index is 0.191. The molecule has 1 saturated heterocycles. The van der Waals surface area contributed by atoms with Crippen molar-refractivity contribution >= 4 is 19.7 Å². The fraction of sp³-hybridized carbons (Fsp3) is 0.600. The van der Waals surface area contributed by atoms with E-state index in [2.05, 4.69) is 5.32 Å². The van der Waals surface area contributed by atoms with E-state index in [1.807, 2.05) is 0 Å². The van der Waals surface area contributed by atoms with E-state index in [-0.39, 0.29) is 6.73 Å². The molecule has 1 N–H and O–H groups in total. The molecular weight excluding hydrogens is 190 g/mol. The van der Waals surface area contributed by atoms with Crippen LogP contribution in [0.15, 0.2) is 11.8 Å². The molecule has 1 rings (SSSR count). The zero-order valence-corrected chi connectivity index (χ0v) is 7.45. The average Bonchev–Trinajstić information content (AvgIpc) is 2.31. The predicted octanol–water partition coefficient (Wildman–Crippen LogP) is 0.362. The van der Waals surface area contributed by atoms with E-state index < -0.39 is 14.5 Å². The zero-order valence-electron chi connectivity index (χ0n) is 5.87. The molecule has 11 heavy (non-hydrogen) atoms. The van der Waals surface area contributed by atoms with Crippen LogP contribution in [0.25, 0.3) is 0 Å². The summed E-state index contributed by atoms with van der Waals surface area (Å²) in [6, 6.07) is 0. The molecule has 1 unspecified atom stereocenters. The van der Waals surface area contributed by atoms with Crippen LogP contribution in [0.5, 0.6) is 0 Å². The van der Waals surface area contributed by atoms with Gasteiger partial charge in [-0.15, -0.1) is 0 Å². The van der Waals surface area contributed by atoms with Crippen LogP contribution in [0, 0.1) is 0 Å². The van der Waals surface area contributed by atoms with Crippen LogP contribution in [0.1, 0.15) is 6.92 Å². The van der Waals surface area contributed by atoms with Crippen molar-refractivity contribution in [3.8, 4) is 0 Å². The third kappa shape index (κ3) is 1.85. The van der Waals surface area contributed by atoms with Crippen LogP contribution in [-0.4, -0.2) is 20.6 Å². The second-order valence-electron chi connectivity index (χ2n) is 2.04. The number of ether oxygens (including phenoxy) is 1. The Hall–Kier alpha value is -0.260. The number of halogens is 1. The first-order valence-corrected chi connectivity index (χ1v) is 5.38. The minimum Gasteiger partial charge on any atom is -0.363 e. The standard InChI is InChI=1S/C5H8ClNO3S/c1-2-4-5(10-3-7-4)11(6,8)9/h2,5,7H,3H2,1H3/b4-2+. The Morgan fingerprint density at radius 1 is 1.82 bits per heavy atom. The van der Waals surface area contributed by atoms with Gasteiger partial charge in [0.05, 0.1) is 5.70 Å². The first-order valence-electron chi connectivity index (χ1n) is 3.01. The van der Waals surface area contributed by atoms with E-state index in [1.54, 1.807) is 13.0 Å². The predicted molar refractivity (Wildman–Crippen MR) is 41.4 cm³/mol. The molecule has 1 heterocycles. The molecule has 0 amide bonds. The second kappa shape index (κ2) is 3.00. The number of rotatable bonds is 1. The molecule has 0 spiro atoms. The van der Waals surface area contributed by atoms with Crippen LogP contribution in [0.2, 0.25) is 0 Å². The minimum atomic E-state index is -3.64. The fourth-order valence-corrected chi connectivity index (χ4v) is 2.04. The maximum Gasteiger partial charge on any atom is 0.265 e. The van der Waals surface area contributed by atoms with E-state index >= 15 is 0 Å². The van der Waals surface area contributed by atoms with Gasteiger partial charge in [0.25, 0.3) is 9.05 Å². The maximum atomic E-state index is 10.8. The monoisotopic (exact) mass is 197 g/mol. The molecule has 0 aromatic rings. The summed E-state index contributed by atoms with van der Waals surface area (Å²) < 4.78 is 26.3. The lowest BCUT2D eigenvalue weighted by molar-refractivity contribution is 0.170. The van der Waals surface area contributed by atoms with Gasteiger partial charge >= 0.3 is 0 Å². The summed E-state index contributed by atoms with van der Waals surface area (Å²) in [4.78, 5) is 0. The van der Waals surface area contributed by atoms with Crippen LogP contribution >= 0.6 is 10.7 Å². The summed E-state index contributed by atoms with van der Waals surface area (Å²) in [5.41, 5.74) is -0.519. The summed E-state index contributed by atoms with van der Waals surface area (Å²) in [6.07, 6.45) is 1.62. The van der Waals surface area contributed by atoms with E-state index in [4.69, 9.17) is 15.4 Å². The van der Waals surface area contributed by atoms with Crippen LogP contribution in [0.4, 0.5) is 0 Å². The van der Waals surface area contributed by atoms with Gasteiger partial charge in [0.1, 0.15) is 6.73 Å². The highest BCUT2D eigenvalue weighted by Crippen LogP contribution is 2.19. The van der Waals surface area contributed by atoms with E-state index in [0.717, 1.165) is 0 Å². The third-order valence-corrected chi connectivity index (χ3v) is 2.72. The van der Waals surface area contributed by atoms with Crippen molar-refractivity contribution in [2.75, 3.05) is 6.73 Å². The smallest absolute Gasteiger partial charge is 0.265 e. The molecule has 1 atom stereocenters. The number of allylic oxidation sites excluding steroid dienone is 1. The van der Waals surface area contributed by atoms with Crippen molar-refractivity contribution in [3.05, 3.63) is 11.8 Å². The lowest BCUT2D eigenvalue weighted by atomic mass is 10.4. The maximum absolute atomic E-state index is 10.8. The van der Waals surface area contributed by atoms with Crippen LogP contribution in [-0.2, 0) is 13.8 Å². The molecule has 0 aromatic carbocycles. The molecule has 1 fully saturated rings. The van der Waals surface area contributed by atoms with Gasteiger partial charge in [0.15, 0.2) is 0 Å². The summed E-state index contributed by atoms with van der Waals surface area (Å²) >= 11 is 0. The van der Waals surface area contributed by atoms with Crippen molar-refractivity contribution in [1.29, 1.82) is 0 Å². The lowest BCUT2D eigenvalue weighted by Gasteiger charge is -2.04. The van der Waals surface area contributed by atoms with Gasteiger partial charge in [-0.2, -0.15) is 0 Å². The first kappa shape index (κ1) is 8.83. The zero-order chi connectivity index (χ0) is 8.48. The van der Waals surface area contributed by atoms with Gasteiger partial charge in [-0.1, -0.05) is 6.08 Å². The summed E-state index contributed by atoms with van der Waals surface area (Å²) in [5, 5.41) is 2.74. The second-order valence-corrected chi connectivity index (χ2v) is 4.71. The highest BCUT2D eigenvalue weighted by atomic mass is 35.7. The summed E-state index contributed by atoms with van der Waals surface area (Å²) in [6.45, 7) is 1.91. The Labute approximate surface area is 69.6 Å². The molecule has 6 heteroatoms. The van der Waals surface area contributed by atoms with Gasteiger partial charge in [-0.05, 0) is 6.92 Å². The number of nitrogens with one attached hydrogen (secondary N) is 1. The summed E-state index contributed by atoms with van der Waals surface area (Å²) in [5.74, 6) is 0. The molecular formula is C5H8ClNO3S. The summed E-state index contributed by atoms with van der Waals surface area (Å²) in [7, 11) is 1.43. The van der Waals surface area contributed by atoms with Gasteiger partial charge in [-0.3, -0.25) is 0 Å². The molecule has 64 valence electrons. The molecule has 1 aliphatic rings. The molecule has 4 nitrogen and oxygen atoms in total. The Kier molecular flexibility index (Phi) is 2.41. The highest BCUT2D eigenvalue weighted by molar-refractivity contribution is 8.14. The quantitative estimate of drug-likeness (QED) is 0.617. The van der Waals surface area contributed by atoms with E-state index in [1.165, 1.54) is 0 Å². The van der Waals surface area contributed by atoms with Crippen molar-refractivity contribution in [1.82, 2.24) is 5.32 Å². The van der Waals surface area contributed by atoms with Crippen LogP contribution in [0.3, 0.4) is 0 Å². The number of hydrogen-bond acceptors (Lipinski definition) is 4. The van der Waals surface area contributed by atoms with Crippen LogP contribution < -0.4 is 5.32 Å². The van der Waals surface area contributed by atoms with Crippen molar-refractivity contribution in [3.63, 3.8) is 0 Å². The van der Waals surface area contributed by atoms with Crippen molar-refractivity contribution < 1.29 is 13.2 Å². The third-order valence-electron chi connectivity index (χ3n) is 1.33. The SMILES string of the molecule is C/C=C1/NCOC1S(=O)(=O)Cl. The van der Waals surface area contributed by atoms with Gasteiger partial charge in [0.2, 0.25) is 5.44 Å². The Morgan fingerprint density at radius 2 is 2.45 bits per heavy atom. The fourth-order valence-electron chi connectivity index (χ4n) is 0.845. The topological polar surface area (TPSA) is 55.4 Å². The van der Waals surface area contributed by atoms with Gasteiger partial charge in [0, 0.05) is 10.7 Å². The number of hydrogen-bond donors (Lipinski definition) is 1. The molecule has 0 aromatic heterocycles. The normalized spacial score (nSPS) is 28.9. The molecule has 1 aliphatic heterocycles. The Morgan fingerprint density at radius 3 is 2.82 bits per heavy atom. The lowest BCUT2D eigenvalue weighted by Crippen LogP contribution is -2.18. The molecule has 0 radical (unpaired) electrons. The van der Waals surface area contributed by atoms with E-state index in [0.29, 0.717) is 5.70 Å². The molecule has 0 saturated carbocycles. The molecule has 0 bridgehead atoms. The van der Waals surface area contributed by atoms with Gasteiger partial charge < -0.3 is 10.1 Å². The van der Waals surface area contributed by atoms with E-state index in [9.17, 15) is 8.42 Å². The average molecular weight is 198 g/mol.